The first kappa shape index (κ1) is 21.4. The molecule has 2 aliphatic heterocycles. The molecule has 1 aromatic heterocycles. The first-order valence-corrected chi connectivity index (χ1v) is 11.2. The van der Waals surface area contributed by atoms with Crippen LogP contribution in [0.3, 0.4) is 0 Å². The van der Waals surface area contributed by atoms with Crippen LogP contribution >= 0.6 is 0 Å². The molecule has 0 atom stereocenters. The Morgan fingerprint density at radius 2 is 1.87 bits per heavy atom. The van der Waals surface area contributed by atoms with E-state index >= 15 is 0 Å². The van der Waals surface area contributed by atoms with Gasteiger partial charge in [0.1, 0.15) is 11.4 Å². The van der Waals surface area contributed by atoms with Crippen LogP contribution in [0.15, 0.2) is 30.3 Å². The molecule has 0 aliphatic carbocycles. The molecule has 31 heavy (non-hydrogen) atoms. The van der Waals surface area contributed by atoms with Crippen LogP contribution in [0.25, 0.3) is 0 Å². The Bertz CT molecular complexity index is 959. The van der Waals surface area contributed by atoms with Gasteiger partial charge in [-0.05, 0) is 32.4 Å². The van der Waals surface area contributed by atoms with Crippen molar-refractivity contribution >= 4 is 11.8 Å². The van der Waals surface area contributed by atoms with Crippen molar-refractivity contribution in [1.82, 2.24) is 19.6 Å². The summed E-state index contributed by atoms with van der Waals surface area (Å²) in [5.74, 6) is 1.10. The van der Waals surface area contributed by atoms with Crippen LogP contribution in [0, 0.1) is 13.8 Å². The van der Waals surface area contributed by atoms with Crippen molar-refractivity contribution in [1.29, 1.82) is 0 Å². The molecule has 0 bridgehead atoms. The number of benzene rings is 1. The van der Waals surface area contributed by atoms with Gasteiger partial charge in [0, 0.05) is 63.6 Å². The highest BCUT2D eigenvalue weighted by Crippen LogP contribution is 2.35. The summed E-state index contributed by atoms with van der Waals surface area (Å²) in [4.78, 5) is 28.8. The first-order valence-electron chi connectivity index (χ1n) is 11.2. The third kappa shape index (κ3) is 4.75. The molecule has 0 N–H and O–H groups in total. The highest BCUT2D eigenvalue weighted by atomic mass is 16.5. The summed E-state index contributed by atoms with van der Waals surface area (Å²) in [6.45, 7) is 8.86. The number of likely N-dealkylation sites (tertiary alicyclic amines) is 1. The Morgan fingerprint density at radius 3 is 2.55 bits per heavy atom. The van der Waals surface area contributed by atoms with Gasteiger partial charge in [0.2, 0.25) is 11.8 Å². The van der Waals surface area contributed by atoms with E-state index in [-0.39, 0.29) is 11.8 Å². The molecule has 3 heterocycles. The zero-order valence-electron chi connectivity index (χ0n) is 18.8. The number of hydrogen-bond donors (Lipinski definition) is 0. The minimum Gasteiger partial charge on any atom is -0.485 e. The molecule has 2 amide bonds. The Hall–Kier alpha value is -2.83. The molecule has 1 fully saturated rings. The third-order valence-electron chi connectivity index (χ3n) is 6.48. The maximum Gasteiger partial charge on any atom is 0.222 e. The highest BCUT2D eigenvalue weighted by molar-refractivity contribution is 5.76. The summed E-state index contributed by atoms with van der Waals surface area (Å²) in [7, 11) is 0. The number of carbonyl (C=O) groups is 2. The lowest BCUT2D eigenvalue weighted by molar-refractivity contribution is -0.138. The molecule has 166 valence electrons. The second-order valence-electron chi connectivity index (χ2n) is 8.90. The van der Waals surface area contributed by atoms with Crippen molar-refractivity contribution in [3.05, 3.63) is 47.3 Å². The number of hydrogen-bond acceptors (Lipinski definition) is 4. The fourth-order valence-electron chi connectivity index (χ4n) is 4.69. The predicted octanol–water partition coefficient (Wildman–Crippen LogP) is 3.08. The van der Waals surface area contributed by atoms with Gasteiger partial charge in [-0.2, -0.15) is 5.10 Å². The van der Waals surface area contributed by atoms with Crippen LogP contribution in [0.1, 0.15) is 49.6 Å². The Balaban J connectivity index is 1.36. The van der Waals surface area contributed by atoms with Crippen molar-refractivity contribution in [2.24, 2.45) is 0 Å². The van der Waals surface area contributed by atoms with Crippen molar-refractivity contribution in [2.75, 3.05) is 19.6 Å². The fourth-order valence-corrected chi connectivity index (χ4v) is 4.69. The van der Waals surface area contributed by atoms with Gasteiger partial charge in [0.05, 0.1) is 12.2 Å². The summed E-state index contributed by atoms with van der Waals surface area (Å²) in [6.07, 6.45) is 2.77. The van der Waals surface area contributed by atoms with Crippen molar-refractivity contribution in [3.8, 4) is 5.75 Å². The summed E-state index contributed by atoms with van der Waals surface area (Å²) in [5.41, 5.74) is 2.75. The van der Waals surface area contributed by atoms with Crippen molar-refractivity contribution in [3.63, 3.8) is 0 Å². The molecule has 1 saturated heterocycles. The van der Waals surface area contributed by atoms with Gasteiger partial charge in [-0.15, -0.1) is 0 Å². The molecule has 0 saturated carbocycles. The molecule has 7 heteroatoms. The van der Waals surface area contributed by atoms with Gasteiger partial charge >= 0.3 is 0 Å². The third-order valence-corrected chi connectivity index (χ3v) is 6.48. The highest BCUT2D eigenvalue weighted by Gasteiger charge is 2.42. The number of carbonyl (C=O) groups excluding carboxylic acids is 2. The van der Waals surface area contributed by atoms with Gasteiger partial charge in [-0.1, -0.05) is 18.2 Å². The van der Waals surface area contributed by atoms with Crippen LogP contribution in [0.2, 0.25) is 0 Å². The lowest BCUT2D eigenvalue weighted by atomic mass is 9.90. The number of ether oxygens (including phenoxy) is 1. The summed E-state index contributed by atoms with van der Waals surface area (Å²) in [5, 5.41) is 4.47. The van der Waals surface area contributed by atoms with Crippen molar-refractivity contribution < 1.29 is 14.3 Å². The SMILES string of the molecule is CC(=O)N1Cc2ccccc2OC2(CCN(C(=O)CCCn3nc(C)cc3C)CC2)C1. The Kier molecular flexibility index (Phi) is 6.03. The number of amides is 2. The maximum absolute atomic E-state index is 12.8. The molecule has 1 aromatic carbocycles. The van der Waals surface area contributed by atoms with Gasteiger partial charge in [-0.3, -0.25) is 14.3 Å². The van der Waals surface area contributed by atoms with Crippen LogP contribution in [0.4, 0.5) is 0 Å². The minimum atomic E-state index is -0.432. The van der Waals surface area contributed by atoms with E-state index in [2.05, 4.69) is 11.2 Å². The second kappa shape index (κ2) is 8.73. The second-order valence-corrected chi connectivity index (χ2v) is 8.90. The Morgan fingerprint density at radius 1 is 1.13 bits per heavy atom. The quantitative estimate of drug-likeness (QED) is 0.757. The average molecular weight is 425 g/mol. The summed E-state index contributed by atoms with van der Waals surface area (Å²) < 4.78 is 8.48. The molecule has 4 rings (SSSR count). The van der Waals surface area contributed by atoms with E-state index in [9.17, 15) is 9.59 Å². The van der Waals surface area contributed by atoms with Gasteiger partial charge in [0.25, 0.3) is 0 Å². The summed E-state index contributed by atoms with van der Waals surface area (Å²) >= 11 is 0. The van der Waals surface area contributed by atoms with Crippen LogP contribution < -0.4 is 4.74 Å². The largest absolute Gasteiger partial charge is 0.485 e. The molecular formula is C24H32N4O3. The van der Waals surface area contributed by atoms with Gasteiger partial charge in [0.15, 0.2) is 0 Å². The van der Waals surface area contributed by atoms with E-state index in [1.165, 1.54) is 0 Å². The topological polar surface area (TPSA) is 67.7 Å². The van der Waals surface area contributed by atoms with Crippen molar-refractivity contribution in [2.45, 2.75) is 65.1 Å². The van der Waals surface area contributed by atoms with Crippen LogP contribution in [0.5, 0.6) is 5.75 Å². The van der Waals surface area contributed by atoms with Crippen LogP contribution in [-0.4, -0.2) is 56.6 Å². The van der Waals surface area contributed by atoms with E-state index in [0.717, 1.165) is 48.5 Å². The number of piperidine rings is 1. The molecule has 0 unspecified atom stereocenters. The van der Waals surface area contributed by atoms with Gasteiger partial charge in [-0.25, -0.2) is 0 Å². The normalized spacial score (nSPS) is 17.8. The van der Waals surface area contributed by atoms with Crippen LogP contribution in [-0.2, 0) is 22.7 Å². The van der Waals surface area contributed by atoms with E-state index in [1.54, 1.807) is 6.92 Å². The first-order chi connectivity index (χ1) is 14.8. The summed E-state index contributed by atoms with van der Waals surface area (Å²) in [6, 6.07) is 10.0. The number of aromatic nitrogens is 2. The number of aryl methyl sites for hydroxylation is 3. The average Bonchev–Trinajstić information content (AvgIpc) is 2.96. The predicted molar refractivity (Wildman–Crippen MR) is 118 cm³/mol. The molecule has 0 radical (unpaired) electrons. The molecule has 2 aromatic rings. The number of nitrogens with zero attached hydrogens (tertiary/aromatic N) is 4. The maximum atomic E-state index is 12.8. The minimum absolute atomic E-state index is 0.0577. The monoisotopic (exact) mass is 424 g/mol. The molecular weight excluding hydrogens is 392 g/mol. The smallest absolute Gasteiger partial charge is 0.222 e. The van der Waals surface area contributed by atoms with E-state index in [4.69, 9.17) is 4.74 Å². The number of para-hydroxylation sites is 1. The lowest BCUT2D eigenvalue weighted by Crippen LogP contribution is -2.55. The molecule has 7 nitrogen and oxygen atoms in total. The number of rotatable bonds is 4. The standard InChI is InChI=1S/C24H32N4O3/c1-18-15-19(2)28(25-18)12-6-9-23(30)26-13-10-24(11-14-26)17-27(20(3)29)16-21-7-4-5-8-22(21)31-24/h4-5,7-8,15H,6,9-14,16-17H2,1-3H3. The molecule has 1 spiro atoms. The molecule has 2 aliphatic rings. The Labute approximate surface area is 184 Å². The van der Waals surface area contributed by atoms with E-state index < -0.39 is 5.60 Å². The lowest BCUT2D eigenvalue weighted by Gasteiger charge is -2.42. The number of fused-ring (bicyclic) bond motifs is 1. The zero-order valence-corrected chi connectivity index (χ0v) is 18.8. The van der Waals surface area contributed by atoms with E-state index in [1.807, 2.05) is 52.6 Å². The van der Waals surface area contributed by atoms with E-state index in [0.29, 0.717) is 32.6 Å². The fraction of sp³-hybridized carbons (Fsp3) is 0.542. The zero-order chi connectivity index (χ0) is 22.0. The van der Waals surface area contributed by atoms with Gasteiger partial charge < -0.3 is 14.5 Å².